The first-order valence-corrected chi connectivity index (χ1v) is 5.54. The van der Waals surface area contributed by atoms with Crippen LogP contribution in [0.2, 0.25) is 0 Å². The molecule has 1 aromatic rings. The van der Waals surface area contributed by atoms with Gasteiger partial charge in [-0.15, -0.1) is 0 Å². The summed E-state index contributed by atoms with van der Waals surface area (Å²) in [6.07, 6.45) is -0.0359. The first-order valence-electron chi connectivity index (χ1n) is 5.54. The van der Waals surface area contributed by atoms with E-state index in [1.807, 2.05) is 18.2 Å². The fourth-order valence-electron chi connectivity index (χ4n) is 1.90. The number of hydrogen-bond donors (Lipinski definition) is 2. The Bertz CT molecular complexity index is 305. The first kappa shape index (κ1) is 13.2. The van der Waals surface area contributed by atoms with Gasteiger partial charge in [-0.3, -0.25) is 11.3 Å². The summed E-state index contributed by atoms with van der Waals surface area (Å²) in [7, 11) is 1.72. The minimum absolute atomic E-state index is 0.0330. The van der Waals surface area contributed by atoms with E-state index in [4.69, 9.17) is 10.6 Å². The summed E-state index contributed by atoms with van der Waals surface area (Å²) in [5.74, 6) is 5.64. The van der Waals surface area contributed by atoms with Crippen LogP contribution in [0.3, 0.4) is 0 Å². The van der Waals surface area contributed by atoms with E-state index >= 15 is 0 Å². The van der Waals surface area contributed by atoms with Crippen molar-refractivity contribution in [3.63, 3.8) is 0 Å². The number of benzene rings is 1. The Labute approximate surface area is 98.0 Å². The van der Waals surface area contributed by atoms with Gasteiger partial charge in [0.05, 0.1) is 12.1 Å². The minimum atomic E-state index is -0.0359. The van der Waals surface area contributed by atoms with Crippen molar-refractivity contribution in [3.8, 4) is 0 Å². The van der Waals surface area contributed by atoms with Crippen molar-refractivity contribution in [3.05, 3.63) is 35.9 Å². The number of ether oxygens (including phenoxy) is 1. The summed E-state index contributed by atoms with van der Waals surface area (Å²) in [5.41, 5.74) is 4.04. The lowest BCUT2D eigenvalue weighted by atomic mass is 9.81. The molecule has 0 fully saturated rings. The normalized spacial score (nSPS) is 15.8. The zero-order valence-electron chi connectivity index (χ0n) is 10.5. The SMILES string of the molecule is COC(c1ccccc1)C(NN)C(C)(C)C. The number of nitrogens with two attached hydrogens (primary N) is 1. The molecule has 0 bridgehead atoms. The van der Waals surface area contributed by atoms with Crippen LogP contribution in [0, 0.1) is 5.41 Å². The lowest BCUT2D eigenvalue weighted by Gasteiger charge is -2.36. The Morgan fingerprint density at radius 2 is 1.75 bits per heavy atom. The number of nitrogens with one attached hydrogen (secondary N) is 1. The van der Waals surface area contributed by atoms with Gasteiger partial charge < -0.3 is 4.74 Å². The lowest BCUT2D eigenvalue weighted by molar-refractivity contribution is 0.0277. The predicted octanol–water partition coefficient (Wildman–Crippen LogP) is 2.25. The van der Waals surface area contributed by atoms with Crippen LogP contribution in [0.1, 0.15) is 32.4 Å². The molecular formula is C13H22N2O. The van der Waals surface area contributed by atoms with E-state index in [-0.39, 0.29) is 17.6 Å². The highest BCUT2D eigenvalue weighted by Gasteiger charge is 2.32. The molecule has 3 nitrogen and oxygen atoms in total. The van der Waals surface area contributed by atoms with Crippen molar-refractivity contribution in [2.45, 2.75) is 32.9 Å². The Balaban J connectivity index is 2.97. The molecule has 0 spiro atoms. The fourth-order valence-corrected chi connectivity index (χ4v) is 1.90. The van der Waals surface area contributed by atoms with Gasteiger partial charge in [0.15, 0.2) is 0 Å². The summed E-state index contributed by atoms with van der Waals surface area (Å²) < 4.78 is 5.57. The molecule has 0 radical (unpaired) electrons. The third-order valence-electron chi connectivity index (χ3n) is 2.80. The zero-order chi connectivity index (χ0) is 12.2. The molecule has 3 heteroatoms. The topological polar surface area (TPSA) is 47.3 Å². The van der Waals surface area contributed by atoms with Crippen LogP contribution in [0.25, 0.3) is 0 Å². The molecule has 2 atom stereocenters. The van der Waals surface area contributed by atoms with Crippen LogP contribution in [0.15, 0.2) is 30.3 Å². The number of hydrogen-bond acceptors (Lipinski definition) is 3. The van der Waals surface area contributed by atoms with Crippen molar-refractivity contribution >= 4 is 0 Å². The second-order valence-corrected chi connectivity index (χ2v) is 5.08. The van der Waals surface area contributed by atoms with Gasteiger partial charge in [0.2, 0.25) is 0 Å². The van der Waals surface area contributed by atoms with Crippen molar-refractivity contribution in [2.24, 2.45) is 11.3 Å². The van der Waals surface area contributed by atoms with Gasteiger partial charge in [0.25, 0.3) is 0 Å². The van der Waals surface area contributed by atoms with E-state index in [1.54, 1.807) is 7.11 Å². The highest BCUT2D eigenvalue weighted by Crippen LogP contribution is 2.31. The molecule has 0 heterocycles. The highest BCUT2D eigenvalue weighted by molar-refractivity contribution is 5.20. The van der Waals surface area contributed by atoms with E-state index in [2.05, 4.69) is 38.3 Å². The molecule has 0 aliphatic carbocycles. The minimum Gasteiger partial charge on any atom is -0.375 e. The van der Waals surface area contributed by atoms with Crippen molar-refractivity contribution in [1.82, 2.24) is 5.43 Å². The van der Waals surface area contributed by atoms with E-state index in [1.165, 1.54) is 0 Å². The van der Waals surface area contributed by atoms with E-state index < -0.39 is 0 Å². The fraction of sp³-hybridized carbons (Fsp3) is 0.538. The second kappa shape index (κ2) is 5.43. The lowest BCUT2D eigenvalue weighted by Crippen LogP contribution is -2.48. The summed E-state index contributed by atoms with van der Waals surface area (Å²) >= 11 is 0. The van der Waals surface area contributed by atoms with E-state index in [0.29, 0.717) is 0 Å². The third kappa shape index (κ3) is 3.04. The molecule has 2 unspecified atom stereocenters. The van der Waals surface area contributed by atoms with Crippen molar-refractivity contribution in [1.29, 1.82) is 0 Å². The maximum Gasteiger partial charge on any atom is 0.0992 e. The highest BCUT2D eigenvalue weighted by atomic mass is 16.5. The predicted molar refractivity (Wildman–Crippen MR) is 66.8 cm³/mol. The van der Waals surface area contributed by atoms with Gasteiger partial charge in [-0.2, -0.15) is 0 Å². The average Bonchev–Trinajstić information content (AvgIpc) is 2.25. The first-order chi connectivity index (χ1) is 7.50. The summed E-state index contributed by atoms with van der Waals surface area (Å²) in [5, 5.41) is 0. The summed E-state index contributed by atoms with van der Waals surface area (Å²) in [4.78, 5) is 0. The molecule has 1 rings (SSSR count). The quantitative estimate of drug-likeness (QED) is 0.607. The molecule has 0 amide bonds. The smallest absolute Gasteiger partial charge is 0.0992 e. The summed E-state index contributed by atoms with van der Waals surface area (Å²) in [6.45, 7) is 6.44. The van der Waals surface area contributed by atoms with Crippen molar-refractivity contribution < 1.29 is 4.74 Å². The van der Waals surface area contributed by atoms with Gasteiger partial charge in [-0.25, -0.2) is 0 Å². The average molecular weight is 222 g/mol. The Morgan fingerprint density at radius 3 is 2.12 bits per heavy atom. The van der Waals surface area contributed by atoms with E-state index in [0.717, 1.165) is 5.56 Å². The van der Waals surface area contributed by atoms with Crippen molar-refractivity contribution in [2.75, 3.05) is 7.11 Å². The molecule has 0 saturated carbocycles. The molecule has 90 valence electrons. The Hall–Kier alpha value is -0.900. The number of rotatable bonds is 4. The van der Waals surface area contributed by atoms with Crippen LogP contribution in [-0.2, 0) is 4.74 Å². The Kier molecular flexibility index (Phi) is 4.47. The molecule has 0 aromatic heterocycles. The standard InChI is InChI=1S/C13H22N2O/c1-13(2,3)12(15-14)11(16-4)10-8-6-5-7-9-10/h5-9,11-12,15H,14H2,1-4H3. The van der Waals surface area contributed by atoms with Crippen LogP contribution in [-0.4, -0.2) is 13.2 Å². The van der Waals surface area contributed by atoms with Gasteiger partial charge in [0.1, 0.15) is 0 Å². The van der Waals surface area contributed by atoms with Crippen LogP contribution >= 0.6 is 0 Å². The number of hydrazine groups is 1. The molecule has 16 heavy (non-hydrogen) atoms. The largest absolute Gasteiger partial charge is 0.375 e. The molecular weight excluding hydrogens is 200 g/mol. The second-order valence-electron chi connectivity index (χ2n) is 5.08. The van der Waals surface area contributed by atoms with Crippen LogP contribution in [0.4, 0.5) is 0 Å². The molecule has 0 aliphatic rings. The third-order valence-corrected chi connectivity index (χ3v) is 2.80. The molecule has 0 saturated heterocycles. The van der Waals surface area contributed by atoms with Crippen LogP contribution in [0.5, 0.6) is 0 Å². The van der Waals surface area contributed by atoms with Gasteiger partial charge in [-0.05, 0) is 11.0 Å². The van der Waals surface area contributed by atoms with Gasteiger partial charge in [-0.1, -0.05) is 51.1 Å². The van der Waals surface area contributed by atoms with Gasteiger partial charge >= 0.3 is 0 Å². The Morgan fingerprint density at radius 1 is 1.19 bits per heavy atom. The maximum absolute atomic E-state index is 5.64. The zero-order valence-corrected chi connectivity index (χ0v) is 10.5. The van der Waals surface area contributed by atoms with Crippen LogP contribution < -0.4 is 11.3 Å². The molecule has 0 aliphatic heterocycles. The monoisotopic (exact) mass is 222 g/mol. The van der Waals surface area contributed by atoms with E-state index in [9.17, 15) is 0 Å². The maximum atomic E-state index is 5.64. The van der Waals surface area contributed by atoms with Gasteiger partial charge in [0, 0.05) is 7.11 Å². The number of methoxy groups -OCH3 is 1. The summed E-state index contributed by atoms with van der Waals surface area (Å²) in [6, 6.07) is 10.2. The molecule has 3 N–H and O–H groups in total. The molecule has 1 aromatic carbocycles.